The van der Waals surface area contributed by atoms with E-state index in [9.17, 15) is 0 Å². The van der Waals surface area contributed by atoms with Gasteiger partial charge in [0, 0.05) is 21.7 Å². The fraction of sp³-hybridized carbons (Fsp3) is 0.588. The molecule has 0 aliphatic heterocycles. The predicted octanol–water partition coefficient (Wildman–Crippen LogP) is 31.0. The minimum absolute atomic E-state index is 0.00387. The topological polar surface area (TPSA) is 0 Å². The molecule has 9 aromatic rings. The lowest BCUT2D eigenvalue weighted by Gasteiger charge is -2.34. The molecule has 8 heteroatoms. The fourth-order valence-electron chi connectivity index (χ4n) is 25.6. The molecule has 0 N–H and O–H groups in total. The van der Waals surface area contributed by atoms with Crippen molar-refractivity contribution in [2.75, 3.05) is 222 Å². The van der Waals surface area contributed by atoms with E-state index in [2.05, 4.69) is 352 Å². The third kappa shape index (κ3) is 29.1. The van der Waals surface area contributed by atoms with Crippen molar-refractivity contribution in [3.05, 3.63) is 226 Å². The second kappa shape index (κ2) is 46.8. The van der Waals surface area contributed by atoms with Crippen molar-refractivity contribution in [2.24, 2.45) is 0 Å². The van der Waals surface area contributed by atoms with Gasteiger partial charge in [0.2, 0.25) is 0 Å². The number of nitrogens with zero attached hydrogens (tertiary/aromatic N) is 8. The maximum absolute atomic E-state index is 2.77. The van der Waals surface area contributed by atoms with Crippen LogP contribution in [0, 0.1) is 6.92 Å². The van der Waals surface area contributed by atoms with Crippen LogP contribution in [0.2, 0.25) is 0 Å². The number of benzene rings is 9. The van der Waals surface area contributed by atoms with Gasteiger partial charge in [0.15, 0.2) is 0 Å². The quantitative estimate of drug-likeness (QED) is 0.0263. The zero-order valence-electron chi connectivity index (χ0n) is 93.8. The van der Waals surface area contributed by atoms with Crippen molar-refractivity contribution in [1.82, 2.24) is 0 Å². The number of hydrogen-bond donors (Lipinski definition) is 0. The Morgan fingerprint density at radius 3 is 0.496 bits per heavy atom. The maximum atomic E-state index is 2.77. The van der Waals surface area contributed by atoms with Crippen molar-refractivity contribution in [3.63, 3.8) is 0 Å². The van der Waals surface area contributed by atoms with E-state index in [4.69, 9.17) is 0 Å². The SMILES string of the molecule is Cc1ccc2c(c1)C(CCCCCC[N+](C)(C)C)(CCCCCC[N+](C)(C)C)c1cc(-c3ccc4c(c3)C(CCCCCC[N+](C)(C)C)(CCCCCC[N+](C)(C)C)c3cc(-c5ccc(-c6ccc7c(c6)C(CCCCCC[N+](C)(C)C)(CCCCCC[N+](C)(C)C)c6cc(-c8ccc9c(c8)C(CCCCCC[N+](C)(C)C)(CCCCCC[N+](C)(C)C)c8ccccc8-9)ccc6-7)cc5)ccc3-4)ccc1-2. The molecular formula is C131H200N8+8. The van der Waals surface area contributed by atoms with Gasteiger partial charge in [-0.25, -0.2) is 0 Å². The average molecular weight is 1890 g/mol. The van der Waals surface area contributed by atoms with E-state index >= 15 is 0 Å². The van der Waals surface area contributed by atoms with Crippen LogP contribution in [-0.2, 0) is 21.7 Å². The molecule has 0 heterocycles. The molecule has 0 radical (unpaired) electrons. The van der Waals surface area contributed by atoms with Crippen LogP contribution in [-0.4, -0.2) is 257 Å². The second-order valence-corrected chi connectivity index (χ2v) is 53.5. The molecule has 139 heavy (non-hydrogen) atoms. The number of hydrogen-bond acceptors (Lipinski definition) is 0. The van der Waals surface area contributed by atoms with E-state index in [-0.39, 0.29) is 21.7 Å². The Hall–Kier alpha value is -7.34. The van der Waals surface area contributed by atoms with E-state index in [0.717, 1.165) is 35.9 Å². The van der Waals surface area contributed by atoms with Gasteiger partial charge in [-0.3, -0.25) is 0 Å². The van der Waals surface area contributed by atoms with Crippen LogP contribution in [0.25, 0.3) is 89.0 Å². The van der Waals surface area contributed by atoms with E-state index in [1.807, 2.05) is 0 Å². The van der Waals surface area contributed by atoms with Crippen LogP contribution >= 0.6 is 0 Å². The molecule has 0 unspecified atom stereocenters. The molecule has 0 fully saturated rings. The molecule has 756 valence electrons. The largest absolute Gasteiger partial charge is 0.331 e. The van der Waals surface area contributed by atoms with Gasteiger partial charge in [0.25, 0.3) is 0 Å². The highest BCUT2D eigenvalue weighted by Crippen LogP contribution is 2.62. The first-order chi connectivity index (χ1) is 65.8. The van der Waals surface area contributed by atoms with E-state index in [1.165, 1.54) is 404 Å². The summed E-state index contributed by atoms with van der Waals surface area (Å²) in [6, 6.07) is 74.4. The zero-order chi connectivity index (χ0) is 99.9. The lowest BCUT2D eigenvalue weighted by atomic mass is 9.69. The molecule has 13 rings (SSSR count). The summed E-state index contributed by atoms with van der Waals surface area (Å²) >= 11 is 0. The van der Waals surface area contributed by atoms with Gasteiger partial charge in [-0.2, -0.15) is 0 Å². The van der Waals surface area contributed by atoms with Crippen LogP contribution in [0.5, 0.6) is 0 Å². The first-order valence-corrected chi connectivity index (χ1v) is 56.4. The Balaban J connectivity index is 0.876. The standard InChI is InChI=1S/C131H200N8/c1-103-62-73-113-115-77-70-109(100-125(115)129(121(113)96-103,82-46-28-36-54-90-134(8,9)10)83-47-29-37-55-91-135(11,12)13)111-72-79-119-117-75-68-107(98-124(117)131(127(119)102-111,86-50-32-40-58-94-138(20,21)22)87-51-33-41-59-95-139(23,24)25)105-65-63-104(64-66-105)106-67-74-116-118-78-71-110(101-126(118)130(123(116)97-106,84-48-30-38-56-92-136(14,15)16)85-49-31-39-57-93-137(17,18)19)108-69-76-114-112-60-42-43-61-120(112)128(122(114)99-108,80-44-26-34-52-88-132(2,3)4)81-45-27-35-53-89-133(5,6)7/h42-43,60-79,96-102H,26-41,44-59,80-95H2,1-25H3/q+8. The molecule has 9 aromatic carbocycles. The molecule has 0 saturated carbocycles. The van der Waals surface area contributed by atoms with Crippen molar-refractivity contribution in [3.8, 4) is 89.0 Å². The Morgan fingerprint density at radius 2 is 0.295 bits per heavy atom. The molecule has 0 atom stereocenters. The molecule has 0 spiro atoms. The highest BCUT2D eigenvalue weighted by Gasteiger charge is 2.48. The summed E-state index contributed by atoms with van der Waals surface area (Å²) in [5.41, 5.74) is 36.6. The summed E-state index contributed by atoms with van der Waals surface area (Å²) in [6.07, 6.45) is 50.4. The molecule has 0 amide bonds. The van der Waals surface area contributed by atoms with Gasteiger partial charge in [-0.15, -0.1) is 0 Å². The molecule has 8 nitrogen and oxygen atoms in total. The Bertz CT molecular complexity index is 5340. The summed E-state index contributed by atoms with van der Waals surface area (Å²) in [7, 11) is 56.8. The van der Waals surface area contributed by atoms with Gasteiger partial charge < -0.3 is 35.9 Å². The minimum Gasteiger partial charge on any atom is -0.331 e. The minimum atomic E-state index is -0.120. The molecular weight excluding hydrogens is 1690 g/mol. The van der Waals surface area contributed by atoms with Crippen LogP contribution < -0.4 is 0 Å². The zero-order valence-corrected chi connectivity index (χ0v) is 93.8. The third-order valence-corrected chi connectivity index (χ3v) is 33.2. The summed E-state index contributed by atoms with van der Waals surface area (Å²) < 4.78 is 8.28. The number of unbranched alkanes of at least 4 members (excludes halogenated alkanes) is 24. The molecule has 0 bridgehead atoms. The third-order valence-electron chi connectivity index (χ3n) is 33.2. The highest BCUT2D eigenvalue weighted by molar-refractivity contribution is 5.91. The van der Waals surface area contributed by atoms with Crippen LogP contribution in [0.1, 0.15) is 307 Å². The van der Waals surface area contributed by atoms with E-state index < -0.39 is 0 Å². The number of fused-ring (bicyclic) bond motifs is 12. The number of aryl methyl sites for hydroxylation is 1. The smallest absolute Gasteiger partial charge is 0.0780 e. The number of quaternary nitrogens is 8. The van der Waals surface area contributed by atoms with Crippen LogP contribution in [0.4, 0.5) is 0 Å². The van der Waals surface area contributed by atoms with Gasteiger partial charge in [0.05, 0.1) is 222 Å². The normalized spacial score (nSPS) is 15.1. The van der Waals surface area contributed by atoms with Gasteiger partial charge in [-0.1, -0.05) is 248 Å². The monoisotopic (exact) mass is 1890 g/mol. The molecule has 4 aliphatic carbocycles. The first-order valence-electron chi connectivity index (χ1n) is 56.4. The Kier molecular flexibility index (Phi) is 36.7. The van der Waals surface area contributed by atoms with Gasteiger partial charge in [0.1, 0.15) is 0 Å². The van der Waals surface area contributed by atoms with Crippen molar-refractivity contribution in [2.45, 2.75) is 285 Å². The van der Waals surface area contributed by atoms with E-state index in [0.29, 0.717) is 0 Å². The predicted molar refractivity (Wildman–Crippen MR) is 606 cm³/mol. The number of rotatable bonds is 60. The highest BCUT2D eigenvalue weighted by atomic mass is 15.3. The van der Waals surface area contributed by atoms with Crippen LogP contribution in [0.15, 0.2) is 176 Å². The van der Waals surface area contributed by atoms with Crippen molar-refractivity contribution in [1.29, 1.82) is 0 Å². The van der Waals surface area contributed by atoms with Gasteiger partial charge in [-0.05, 0) is 331 Å². The second-order valence-electron chi connectivity index (χ2n) is 53.5. The summed E-state index contributed by atoms with van der Waals surface area (Å²) in [4.78, 5) is 0. The Morgan fingerprint density at radius 1 is 0.144 bits per heavy atom. The summed E-state index contributed by atoms with van der Waals surface area (Å²) in [5.74, 6) is 0. The molecule has 4 aliphatic rings. The summed E-state index contributed by atoms with van der Waals surface area (Å²) in [5, 5.41) is 0. The first kappa shape index (κ1) is 109. The van der Waals surface area contributed by atoms with Crippen LogP contribution in [0.3, 0.4) is 0 Å². The molecule has 0 saturated heterocycles. The van der Waals surface area contributed by atoms with Gasteiger partial charge >= 0.3 is 0 Å². The van der Waals surface area contributed by atoms with Crippen molar-refractivity contribution < 1.29 is 35.9 Å². The molecule has 0 aromatic heterocycles. The lowest BCUT2D eigenvalue weighted by Crippen LogP contribution is -2.35. The maximum Gasteiger partial charge on any atom is 0.0780 e. The Labute approximate surface area is 852 Å². The lowest BCUT2D eigenvalue weighted by molar-refractivity contribution is -0.870. The summed E-state index contributed by atoms with van der Waals surface area (Å²) in [6.45, 7) is 12.2. The fourth-order valence-corrected chi connectivity index (χ4v) is 25.6. The van der Waals surface area contributed by atoms with Crippen molar-refractivity contribution >= 4 is 0 Å². The van der Waals surface area contributed by atoms with E-state index in [1.54, 1.807) is 44.5 Å². The average Bonchev–Trinajstić information content (AvgIpc) is 1.56.